The molecular formula is C21H28BrN3O3. The average Bonchev–Trinajstić information content (AvgIpc) is 2.62. The quantitative estimate of drug-likeness (QED) is 0.437. The smallest absolute Gasteiger partial charge is 0.408 e. The van der Waals surface area contributed by atoms with Crippen molar-refractivity contribution in [2.45, 2.75) is 58.1 Å². The number of rotatable bonds is 8. The van der Waals surface area contributed by atoms with E-state index in [1.807, 2.05) is 30.3 Å². The Morgan fingerprint density at radius 1 is 1.18 bits per heavy atom. The molecule has 0 saturated carbocycles. The number of carbonyl (C=O) groups excluding carboxylic acids is 2. The van der Waals surface area contributed by atoms with Gasteiger partial charge in [0.1, 0.15) is 11.6 Å². The standard InChI is InChI=1S/C21H28BrN3O3/c1-21(2,3)28-20(27)25-18(11-5-4-8-12-22)19(26)24-16-13-15-9-6-7-10-17(15)23-14-16/h6-7,9-10,13-14,18H,4-5,8,11-12H2,1-3H3,(H,24,26)(H,25,27)/t18-/m0/s1. The van der Waals surface area contributed by atoms with Crippen LogP contribution in [-0.4, -0.2) is 34.0 Å². The Balaban J connectivity index is 2.05. The molecule has 2 aromatic rings. The predicted molar refractivity (Wildman–Crippen MR) is 116 cm³/mol. The Labute approximate surface area is 174 Å². The first-order valence-corrected chi connectivity index (χ1v) is 10.6. The third-order valence-corrected chi connectivity index (χ3v) is 4.55. The first-order chi connectivity index (χ1) is 13.3. The Kier molecular flexibility index (Phi) is 8.23. The van der Waals surface area contributed by atoms with E-state index in [1.165, 1.54) is 0 Å². The van der Waals surface area contributed by atoms with Crippen LogP contribution < -0.4 is 10.6 Å². The number of nitrogens with one attached hydrogen (secondary N) is 2. The number of alkyl carbamates (subject to hydrolysis) is 1. The number of fused-ring (bicyclic) bond motifs is 1. The van der Waals surface area contributed by atoms with E-state index >= 15 is 0 Å². The van der Waals surface area contributed by atoms with Crippen LogP contribution in [0.25, 0.3) is 10.9 Å². The van der Waals surface area contributed by atoms with Gasteiger partial charge in [-0.05, 0) is 45.7 Å². The van der Waals surface area contributed by atoms with Gasteiger partial charge in [0.15, 0.2) is 0 Å². The van der Waals surface area contributed by atoms with Crippen LogP contribution in [0.4, 0.5) is 10.5 Å². The Morgan fingerprint density at radius 3 is 2.64 bits per heavy atom. The summed E-state index contributed by atoms with van der Waals surface area (Å²) in [4.78, 5) is 29.3. The fourth-order valence-corrected chi connectivity index (χ4v) is 3.10. The molecule has 0 aliphatic heterocycles. The molecule has 0 fully saturated rings. The summed E-state index contributed by atoms with van der Waals surface area (Å²) in [5.74, 6) is -0.276. The van der Waals surface area contributed by atoms with Crippen molar-refractivity contribution < 1.29 is 14.3 Å². The van der Waals surface area contributed by atoms with E-state index in [2.05, 4.69) is 31.5 Å². The van der Waals surface area contributed by atoms with Crippen LogP contribution in [0.1, 0.15) is 46.5 Å². The maximum absolute atomic E-state index is 12.8. The van der Waals surface area contributed by atoms with Crippen LogP contribution in [0.2, 0.25) is 0 Å². The van der Waals surface area contributed by atoms with Crippen molar-refractivity contribution in [1.29, 1.82) is 0 Å². The lowest BCUT2D eigenvalue weighted by Crippen LogP contribution is -2.45. The number of ether oxygens (including phenoxy) is 1. The van der Waals surface area contributed by atoms with Crippen molar-refractivity contribution in [3.63, 3.8) is 0 Å². The molecule has 0 aliphatic rings. The summed E-state index contributed by atoms with van der Waals surface area (Å²) < 4.78 is 5.30. The van der Waals surface area contributed by atoms with Gasteiger partial charge >= 0.3 is 6.09 Å². The van der Waals surface area contributed by atoms with E-state index in [0.717, 1.165) is 35.5 Å². The molecule has 6 nitrogen and oxygen atoms in total. The maximum Gasteiger partial charge on any atom is 0.408 e. The number of aromatic nitrogens is 1. The van der Waals surface area contributed by atoms with E-state index < -0.39 is 17.7 Å². The number of benzene rings is 1. The highest BCUT2D eigenvalue weighted by atomic mass is 79.9. The molecule has 7 heteroatoms. The minimum Gasteiger partial charge on any atom is -0.444 e. The minimum atomic E-state index is -0.670. The number of nitrogens with zero attached hydrogens (tertiary/aromatic N) is 1. The first-order valence-electron chi connectivity index (χ1n) is 9.49. The Bertz CT molecular complexity index is 805. The lowest BCUT2D eigenvalue weighted by atomic mass is 10.1. The molecule has 0 bridgehead atoms. The van der Waals surface area contributed by atoms with Crippen LogP contribution >= 0.6 is 15.9 Å². The Morgan fingerprint density at radius 2 is 1.93 bits per heavy atom. The number of hydrogen-bond acceptors (Lipinski definition) is 4. The SMILES string of the molecule is CC(C)(C)OC(=O)N[C@@H](CCCCCBr)C(=O)Nc1cnc2ccccc2c1. The lowest BCUT2D eigenvalue weighted by molar-refractivity contribution is -0.118. The zero-order valence-corrected chi connectivity index (χ0v) is 18.2. The largest absolute Gasteiger partial charge is 0.444 e. The zero-order valence-electron chi connectivity index (χ0n) is 16.6. The zero-order chi connectivity index (χ0) is 20.6. The van der Waals surface area contributed by atoms with E-state index in [0.29, 0.717) is 12.1 Å². The number of amides is 2. The van der Waals surface area contributed by atoms with Gasteiger partial charge in [0.2, 0.25) is 5.91 Å². The van der Waals surface area contributed by atoms with Crippen LogP contribution in [0.5, 0.6) is 0 Å². The molecule has 1 aromatic carbocycles. The van der Waals surface area contributed by atoms with E-state index in [4.69, 9.17) is 4.74 Å². The number of carbonyl (C=O) groups is 2. The number of anilines is 1. The molecule has 2 N–H and O–H groups in total. The normalized spacial score (nSPS) is 12.4. The first kappa shape index (κ1) is 22.1. The molecular weight excluding hydrogens is 422 g/mol. The number of halogens is 1. The summed E-state index contributed by atoms with van der Waals surface area (Å²) in [5.41, 5.74) is 0.836. The average molecular weight is 450 g/mol. The van der Waals surface area contributed by atoms with Crippen LogP contribution in [0, 0.1) is 0 Å². The summed E-state index contributed by atoms with van der Waals surface area (Å²) in [6, 6.07) is 8.90. The summed E-state index contributed by atoms with van der Waals surface area (Å²) in [7, 11) is 0. The van der Waals surface area contributed by atoms with Gasteiger partial charge in [-0.2, -0.15) is 0 Å². The van der Waals surface area contributed by atoms with Gasteiger partial charge < -0.3 is 15.4 Å². The van der Waals surface area contributed by atoms with Gasteiger partial charge in [-0.3, -0.25) is 9.78 Å². The van der Waals surface area contributed by atoms with Crippen molar-refractivity contribution in [2.24, 2.45) is 0 Å². The number of para-hydroxylation sites is 1. The highest BCUT2D eigenvalue weighted by molar-refractivity contribution is 9.09. The number of alkyl halides is 1. The third kappa shape index (κ3) is 7.46. The number of pyridine rings is 1. The van der Waals surface area contributed by atoms with Crippen LogP contribution in [-0.2, 0) is 9.53 Å². The van der Waals surface area contributed by atoms with Gasteiger partial charge in [-0.1, -0.05) is 47.0 Å². The third-order valence-electron chi connectivity index (χ3n) is 3.99. The van der Waals surface area contributed by atoms with Crippen LogP contribution in [0.3, 0.4) is 0 Å². The van der Waals surface area contributed by atoms with Crippen molar-refractivity contribution in [2.75, 3.05) is 10.6 Å². The number of hydrogen-bond donors (Lipinski definition) is 2. The molecule has 28 heavy (non-hydrogen) atoms. The molecule has 1 atom stereocenters. The maximum atomic E-state index is 12.8. The molecule has 152 valence electrons. The van der Waals surface area contributed by atoms with Gasteiger partial charge in [-0.15, -0.1) is 0 Å². The minimum absolute atomic E-state index is 0.276. The highest BCUT2D eigenvalue weighted by Gasteiger charge is 2.24. The van der Waals surface area contributed by atoms with Gasteiger partial charge in [-0.25, -0.2) is 4.79 Å². The highest BCUT2D eigenvalue weighted by Crippen LogP contribution is 2.17. The molecule has 1 aromatic heterocycles. The summed E-state index contributed by atoms with van der Waals surface area (Å²) in [6.07, 6.45) is 4.40. The van der Waals surface area contributed by atoms with E-state index in [9.17, 15) is 9.59 Å². The van der Waals surface area contributed by atoms with Gasteiger partial charge in [0.25, 0.3) is 0 Å². The topological polar surface area (TPSA) is 80.3 Å². The molecule has 0 spiro atoms. The van der Waals surface area contributed by atoms with E-state index in [1.54, 1.807) is 27.0 Å². The van der Waals surface area contributed by atoms with E-state index in [-0.39, 0.29) is 5.91 Å². The fourth-order valence-electron chi connectivity index (χ4n) is 2.71. The van der Waals surface area contributed by atoms with Crippen molar-refractivity contribution in [1.82, 2.24) is 10.3 Å². The molecule has 0 aliphatic carbocycles. The lowest BCUT2D eigenvalue weighted by Gasteiger charge is -2.23. The van der Waals surface area contributed by atoms with Gasteiger partial charge in [0.05, 0.1) is 17.4 Å². The van der Waals surface area contributed by atoms with Crippen molar-refractivity contribution >= 4 is 44.5 Å². The second-order valence-electron chi connectivity index (χ2n) is 7.64. The fraction of sp³-hybridized carbons (Fsp3) is 0.476. The molecule has 0 unspecified atom stereocenters. The molecule has 2 rings (SSSR count). The molecule has 1 heterocycles. The predicted octanol–water partition coefficient (Wildman–Crippen LogP) is 5.02. The summed E-state index contributed by atoms with van der Waals surface area (Å²) in [6.45, 7) is 5.37. The summed E-state index contributed by atoms with van der Waals surface area (Å²) >= 11 is 3.41. The van der Waals surface area contributed by atoms with Crippen LogP contribution in [0.15, 0.2) is 36.5 Å². The second-order valence-corrected chi connectivity index (χ2v) is 8.44. The second kappa shape index (κ2) is 10.4. The van der Waals surface area contributed by atoms with Gasteiger partial charge in [0, 0.05) is 10.7 Å². The van der Waals surface area contributed by atoms with Crippen molar-refractivity contribution in [3.05, 3.63) is 36.5 Å². The Hall–Kier alpha value is -2.15. The number of unbranched alkanes of at least 4 members (excludes halogenated alkanes) is 2. The molecule has 0 radical (unpaired) electrons. The molecule has 0 saturated heterocycles. The molecule has 2 amide bonds. The monoisotopic (exact) mass is 449 g/mol. The summed E-state index contributed by atoms with van der Waals surface area (Å²) in [5, 5.41) is 7.43. The van der Waals surface area contributed by atoms with Crippen molar-refractivity contribution in [3.8, 4) is 0 Å².